The average Bonchev–Trinajstić information content (AvgIpc) is 2.58. The molecule has 0 unspecified atom stereocenters. The molecule has 0 aliphatic rings. The second-order valence-electron chi connectivity index (χ2n) is 5.18. The van der Waals surface area contributed by atoms with Crippen LogP contribution in [0.5, 0.6) is 0 Å². The largest absolute Gasteiger partial charge is 0.269 e. The van der Waals surface area contributed by atoms with Crippen molar-refractivity contribution in [3.63, 3.8) is 0 Å². The molecule has 0 aliphatic heterocycles. The molecule has 0 atom stereocenters. The van der Waals surface area contributed by atoms with Crippen LogP contribution in [-0.4, -0.2) is 11.8 Å². The number of hydrogen-bond acceptors (Lipinski definition) is 2. The van der Waals surface area contributed by atoms with E-state index in [1.807, 2.05) is 38.1 Å². The van der Waals surface area contributed by atoms with Gasteiger partial charge in [0, 0.05) is 15.6 Å². The summed E-state index contributed by atoms with van der Waals surface area (Å²) in [6, 6.07) is 11.2. The SMILES string of the molecule is C/C=C\C(=C/CC)C(=O)NNC(=O)c1ccc2cc(Br)ccc2c1. The maximum atomic E-state index is 12.2. The minimum Gasteiger partial charge on any atom is -0.267 e. The number of carbonyl (C=O) groups excluding carboxylic acids is 2. The van der Waals surface area contributed by atoms with E-state index in [2.05, 4.69) is 26.8 Å². The zero-order valence-electron chi connectivity index (χ0n) is 13.6. The Morgan fingerprint density at radius 1 is 1.08 bits per heavy atom. The Labute approximate surface area is 149 Å². The van der Waals surface area contributed by atoms with Gasteiger partial charge in [0.2, 0.25) is 0 Å². The van der Waals surface area contributed by atoms with Crippen LogP contribution in [0.2, 0.25) is 0 Å². The number of allylic oxidation sites excluding steroid dienone is 2. The van der Waals surface area contributed by atoms with E-state index in [-0.39, 0.29) is 11.8 Å². The molecule has 124 valence electrons. The lowest BCUT2D eigenvalue weighted by atomic mass is 10.1. The normalized spacial score (nSPS) is 11.7. The summed E-state index contributed by atoms with van der Waals surface area (Å²) < 4.78 is 0.985. The summed E-state index contributed by atoms with van der Waals surface area (Å²) in [4.78, 5) is 24.3. The van der Waals surface area contributed by atoms with Gasteiger partial charge < -0.3 is 0 Å². The maximum Gasteiger partial charge on any atom is 0.269 e. The molecule has 2 amide bonds. The molecule has 0 aromatic heterocycles. The van der Waals surface area contributed by atoms with Crippen molar-refractivity contribution >= 4 is 38.5 Å². The second kappa shape index (κ2) is 8.45. The zero-order chi connectivity index (χ0) is 17.5. The molecule has 5 heteroatoms. The van der Waals surface area contributed by atoms with Crippen LogP contribution in [0.25, 0.3) is 10.8 Å². The molecule has 0 aliphatic carbocycles. The van der Waals surface area contributed by atoms with Gasteiger partial charge in [-0.25, -0.2) is 0 Å². The molecule has 2 N–H and O–H groups in total. The minimum absolute atomic E-state index is 0.340. The highest BCUT2D eigenvalue weighted by molar-refractivity contribution is 9.10. The van der Waals surface area contributed by atoms with Crippen molar-refractivity contribution in [2.75, 3.05) is 0 Å². The maximum absolute atomic E-state index is 12.2. The summed E-state index contributed by atoms with van der Waals surface area (Å²) in [6.07, 6.45) is 6.03. The van der Waals surface area contributed by atoms with Gasteiger partial charge in [-0.15, -0.1) is 0 Å². The molecule has 4 nitrogen and oxygen atoms in total. The van der Waals surface area contributed by atoms with Crippen molar-refractivity contribution < 1.29 is 9.59 Å². The molecule has 24 heavy (non-hydrogen) atoms. The molecule has 0 heterocycles. The molecule has 0 radical (unpaired) electrons. The van der Waals surface area contributed by atoms with Gasteiger partial charge in [0.05, 0.1) is 0 Å². The van der Waals surface area contributed by atoms with Crippen LogP contribution in [0.1, 0.15) is 30.6 Å². The van der Waals surface area contributed by atoms with Crippen LogP contribution >= 0.6 is 15.9 Å². The van der Waals surface area contributed by atoms with Crippen molar-refractivity contribution in [3.8, 4) is 0 Å². The van der Waals surface area contributed by atoms with Crippen molar-refractivity contribution in [1.29, 1.82) is 0 Å². The van der Waals surface area contributed by atoms with E-state index < -0.39 is 0 Å². The number of carbonyl (C=O) groups is 2. The molecule has 0 saturated carbocycles. The van der Waals surface area contributed by atoms with Crippen molar-refractivity contribution in [2.45, 2.75) is 20.3 Å². The highest BCUT2D eigenvalue weighted by Crippen LogP contribution is 2.20. The Morgan fingerprint density at radius 3 is 2.50 bits per heavy atom. The predicted octanol–water partition coefficient (Wildman–Crippen LogP) is 4.28. The Bertz CT molecular complexity index is 825. The summed E-state index contributed by atoms with van der Waals surface area (Å²) in [7, 11) is 0. The van der Waals surface area contributed by atoms with E-state index in [0.717, 1.165) is 21.7 Å². The van der Waals surface area contributed by atoms with Gasteiger partial charge in [-0.2, -0.15) is 0 Å². The first-order chi connectivity index (χ1) is 11.5. The monoisotopic (exact) mass is 386 g/mol. The summed E-state index contributed by atoms with van der Waals surface area (Å²) in [5, 5.41) is 1.99. The van der Waals surface area contributed by atoms with Crippen LogP contribution in [0.3, 0.4) is 0 Å². The van der Waals surface area contributed by atoms with Crippen LogP contribution in [-0.2, 0) is 4.79 Å². The van der Waals surface area contributed by atoms with Gasteiger partial charge in [0.1, 0.15) is 0 Å². The topological polar surface area (TPSA) is 58.2 Å². The highest BCUT2D eigenvalue weighted by Gasteiger charge is 2.10. The molecular formula is C19H19BrN2O2. The lowest BCUT2D eigenvalue weighted by molar-refractivity contribution is -0.117. The Balaban J connectivity index is 2.08. The van der Waals surface area contributed by atoms with Crippen molar-refractivity contribution in [2.24, 2.45) is 0 Å². The summed E-state index contributed by atoms with van der Waals surface area (Å²) in [5.41, 5.74) is 5.89. The van der Waals surface area contributed by atoms with E-state index in [1.165, 1.54) is 0 Å². The molecule has 0 fully saturated rings. The summed E-state index contributed by atoms with van der Waals surface area (Å²) in [6.45, 7) is 3.78. The number of fused-ring (bicyclic) bond motifs is 1. The number of hydrogen-bond donors (Lipinski definition) is 2. The number of nitrogens with one attached hydrogen (secondary N) is 2. The van der Waals surface area contributed by atoms with Crippen LogP contribution in [0.4, 0.5) is 0 Å². The average molecular weight is 387 g/mol. The molecule has 2 aromatic rings. The molecule has 0 bridgehead atoms. The molecular weight excluding hydrogens is 368 g/mol. The fraction of sp³-hybridized carbons (Fsp3) is 0.158. The fourth-order valence-corrected chi connectivity index (χ4v) is 2.63. The zero-order valence-corrected chi connectivity index (χ0v) is 15.2. The fourth-order valence-electron chi connectivity index (χ4n) is 2.25. The first kappa shape index (κ1) is 17.9. The quantitative estimate of drug-likeness (QED) is 0.468. The lowest BCUT2D eigenvalue weighted by Crippen LogP contribution is -2.42. The number of benzene rings is 2. The minimum atomic E-state index is -0.357. The number of hydrazine groups is 1. The van der Waals surface area contributed by atoms with E-state index in [1.54, 1.807) is 30.4 Å². The van der Waals surface area contributed by atoms with Gasteiger partial charge in [0.25, 0.3) is 11.8 Å². The first-order valence-corrected chi connectivity index (χ1v) is 8.47. The standard InChI is InChI=1S/C19H19BrN2O2/c1-3-5-13(6-4-2)18(23)21-22-19(24)16-8-7-15-12-17(20)10-9-14(15)11-16/h3,5-12H,4H2,1-2H3,(H,21,23)(H,22,24)/b5-3-,13-6+. The van der Waals surface area contributed by atoms with Gasteiger partial charge in [-0.1, -0.05) is 53.2 Å². The van der Waals surface area contributed by atoms with E-state index in [0.29, 0.717) is 11.1 Å². The molecule has 0 spiro atoms. The lowest BCUT2D eigenvalue weighted by Gasteiger charge is -2.09. The van der Waals surface area contributed by atoms with Crippen molar-refractivity contribution in [1.82, 2.24) is 10.9 Å². The second-order valence-corrected chi connectivity index (χ2v) is 6.10. The third-order valence-electron chi connectivity index (χ3n) is 3.39. The van der Waals surface area contributed by atoms with Crippen LogP contribution in [0, 0.1) is 0 Å². The highest BCUT2D eigenvalue weighted by atomic mass is 79.9. The summed E-state index contributed by atoms with van der Waals surface area (Å²) >= 11 is 3.42. The van der Waals surface area contributed by atoms with Crippen LogP contribution < -0.4 is 10.9 Å². The Kier molecular flexibility index (Phi) is 6.32. The molecule has 0 saturated heterocycles. The predicted molar refractivity (Wildman–Crippen MR) is 100 cm³/mol. The Hall–Kier alpha value is -2.40. The van der Waals surface area contributed by atoms with Crippen molar-refractivity contribution in [3.05, 3.63) is 70.2 Å². The molecule has 2 aromatic carbocycles. The number of halogens is 1. The van der Waals surface area contributed by atoms with E-state index in [9.17, 15) is 9.59 Å². The molecule has 2 rings (SSSR count). The smallest absolute Gasteiger partial charge is 0.267 e. The van der Waals surface area contributed by atoms with Crippen LogP contribution in [0.15, 0.2) is 64.7 Å². The third-order valence-corrected chi connectivity index (χ3v) is 3.88. The Morgan fingerprint density at radius 2 is 1.79 bits per heavy atom. The first-order valence-electron chi connectivity index (χ1n) is 7.68. The number of rotatable bonds is 4. The van der Waals surface area contributed by atoms with Gasteiger partial charge in [-0.05, 0) is 48.4 Å². The van der Waals surface area contributed by atoms with E-state index >= 15 is 0 Å². The third kappa shape index (κ3) is 4.55. The number of amides is 2. The van der Waals surface area contributed by atoms with Gasteiger partial charge >= 0.3 is 0 Å². The summed E-state index contributed by atoms with van der Waals surface area (Å²) in [5.74, 6) is -0.697. The van der Waals surface area contributed by atoms with Gasteiger partial charge in [-0.3, -0.25) is 20.4 Å². The van der Waals surface area contributed by atoms with Gasteiger partial charge in [0.15, 0.2) is 0 Å². The van der Waals surface area contributed by atoms with E-state index in [4.69, 9.17) is 0 Å².